The molecule has 0 aliphatic carbocycles. The molecule has 3 rings (SSSR count). The second-order valence-electron chi connectivity index (χ2n) is 7.25. The fraction of sp³-hybridized carbons (Fsp3) is 0.350. The van der Waals surface area contributed by atoms with Gasteiger partial charge in [-0.15, -0.1) is 0 Å². The van der Waals surface area contributed by atoms with Crippen LogP contribution in [0.3, 0.4) is 0 Å². The molecule has 0 unspecified atom stereocenters. The fourth-order valence-electron chi connectivity index (χ4n) is 3.31. The van der Waals surface area contributed by atoms with Crippen molar-refractivity contribution in [2.45, 2.75) is 27.3 Å². The highest BCUT2D eigenvalue weighted by Gasteiger charge is 2.17. The third-order valence-corrected chi connectivity index (χ3v) is 4.77. The Balaban J connectivity index is 1.67. The number of anilines is 1. The number of fused-ring (bicyclic) bond motifs is 1. The lowest BCUT2D eigenvalue weighted by Crippen LogP contribution is -2.38. The van der Waals surface area contributed by atoms with Crippen molar-refractivity contribution >= 4 is 28.5 Å². The summed E-state index contributed by atoms with van der Waals surface area (Å²) in [6, 6.07) is 3.98. The average Bonchev–Trinajstić information content (AvgIpc) is 3.02. The molecule has 0 aliphatic rings. The number of amides is 2. The second-order valence-corrected chi connectivity index (χ2v) is 7.25. The van der Waals surface area contributed by atoms with E-state index in [1.807, 2.05) is 32.9 Å². The lowest BCUT2D eigenvalue weighted by Gasteiger charge is -2.19. The van der Waals surface area contributed by atoms with E-state index in [2.05, 4.69) is 15.4 Å². The molecule has 3 aromatic rings. The van der Waals surface area contributed by atoms with Crippen LogP contribution in [0.25, 0.3) is 11.0 Å². The normalized spacial score (nSPS) is 10.9. The summed E-state index contributed by atoms with van der Waals surface area (Å²) in [7, 11) is 3.21. The van der Waals surface area contributed by atoms with E-state index in [0.717, 1.165) is 22.4 Å². The van der Waals surface area contributed by atoms with Crippen LogP contribution in [-0.4, -0.2) is 49.6 Å². The molecule has 0 aliphatic heterocycles. The molecule has 1 N–H and O–H groups in total. The molecule has 152 valence electrons. The number of hydrogen-bond acceptors (Lipinski definition) is 5. The Morgan fingerprint density at radius 3 is 2.48 bits per heavy atom. The first kappa shape index (κ1) is 20.2. The molecule has 0 fully saturated rings. The summed E-state index contributed by atoms with van der Waals surface area (Å²) in [5.74, 6) is -0.672. The van der Waals surface area contributed by atoms with Crippen molar-refractivity contribution in [3.8, 4) is 0 Å². The van der Waals surface area contributed by atoms with E-state index >= 15 is 0 Å². The minimum atomic E-state index is -0.371. The number of rotatable bonds is 5. The molecule has 0 atom stereocenters. The minimum Gasteiger partial charge on any atom is -0.335 e. The van der Waals surface area contributed by atoms with Gasteiger partial charge in [-0.2, -0.15) is 5.10 Å². The molecule has 2 amide bonds. The number of benzene rings is 1. The maximum absolute atomic E-state index is 12.5. The number of likely N-dealkylation sites (N-methyl/N-ethyl adjacent to an activating group) is 1. The summed E-state index contributed by atoms with van der Waals surface area (Å²) in [5, 5.41) is 7.21. The van der Waals surface area contributed by atoms with Gasteiger partial charge in [0.1, 0.15) is 18.3 Å². The molecular weight excluding hydrogens is 372 g/mol. The molecule has 9 heteroatoms. The maximum atomic E-state index is 12.5. The quantitative estimate of drug-likeness (QED) is 0.697. The van der Waals surface area contributed by atoms with Gasteiger partial charge in [0, 0.05) is 19.8 Å². The van der Waals surface area contributed by atoms with Crippen molar-refractivity contribution in [3.63, 3.8) is 0 Å². The van der Waals surface area contributed by atoms with Gasteiger partial charge in [0.15, 0.2) is 5.65 Å². The first-order chi connectivity index (χ1) is 13.7. The summed E-state index contributed by atoms with van der Waals surface area (Å²) in [4.78, 5) is 42.9. The first-order valence-electron chi connectivity index (χ1n) is 9.16. The lowest BCUT2D eigenvalue weighted by molar-refractivity contribution is -0.133. The second kappa shape index (κ2) is 7.86. The van der Waals surface area contributed by atoms with Crippen LogP contribution in [-0.2, 0) is 23.2 Å². The smallest absolute Gasteiger partial charge is 0.264 e. The highest BCUT2D eigenvalue weighted by Crippen LogP contribution is 2.21. The molecule has 0 spiro atoms. The van der Waals surface area contributed by atoms with Gasteiger partial charge in [0.2, 0.25) is 11.8 Å². The standard InChI is InChI=1S/C20H24N6O3/c1-12-6-13(2)18(14(3)7-12)23-16(27)9-24(4)17(28)10-26-11-21-19-15(20(26)29)8-22-25(19)5/h6-8,11H,9-10H2,1-5H3,(H,23,27). The number of nitrogens with one attached hydrogen (secondary N) is 1. The largest absolute Gasteiger partial charge is 0.335 e. The van der Waals surface area contributed by atoms with Crippen molar-refractivity contribution in [1.29, 1.82) is 0 Å². The van der Waals surface area contributed by atoms with Crippen LogP contribution in [0.4, 0.5) is 5.69 Å². The van der Waals surface area contributed by atoms with Crippen molar-refractivity contribution < 1.29 is 9.59 Å². The summed E-state index contributed by atoms with van der Waals surface area (Å²) in [5.41, 5.74) is 3.91. The van der Waals surface area contributed by atoms with Crippen LogP contribution >= 0.6 is 0 Å². The third-order valence-electron chi connectivity index (χ3n) is 4.77. The average molecular weight is 396 g/mol. The van der Waals surface area contributed by atoms with Crippen LogP contribution in [0.5, 0.6) is 0 Å². The molecule has 0 saturated carbocycles. The zero-order valence-corrected chi connectivity index (χ0v) is 17.2. The zero-order valence-electron chi connectivity index (χ0n) is 17.2. The number of carbonyl (C=O) groups excluding carboxylic acids is 2. The van der Waals surface area contributed by atoms with Crippen LogP contribution in [0, 0.1) is 20.8 Å². The number of carbonyl (C=O) groups is 2. The van der Waals surface area contributed by atoms with E-state index in [-0.39, 0.29) is 30.5 Å². The third kappa shape index (κ3) is 4.18. The summed E-state index contributed by atoms with van der Waals surface area (Å²) in [6.45, 7) is 5.53. The molecule has 0 radical (unpaired) electrons. The Hall–Kier alpha value is -3.49. The summed E-state index contributed by atoms with van der Waals surface area (Å²) < 4.78 is 2.71. The lowest BCUT2D eigenvalue weighted by atomic mass is 10.1. The molecule has 1 aromatic carbocycles. The van der Waals surface area contributed by atoms with Crippen LogP contribution in [0.1, 0.15) is 16.7 Å². The highest BCUT2D eigenvalue weighted by molar-refractivity contribution is 5.95. The van der Waals surface area contributed by atoms with E-state index in [1.165, 1.54) is 33.7 Å². The Labute approximate surface area is 168 Å². The van der Waals surface area contributed by atoms with Gasteiger partial charge < -0.3 is 10.2 Å². The van der Waals surface area contributed by atoms with Gasteiger partial charge in [0.25, 0.3) is 5.56 Å². The van der Waals surface area contributed by atoms with E-state index < -0.39 is 0 Å². The van der Waals surface area contributed by atoms with Crippen LogP contribution < -0.4 is 10.9 Å². The van der Waals surface area contributed by atoms with Gasteiger partial charge in [-0.1, -0.05) is 17.7 Å². The first-order valence-corrected chi connectivity index (χ1v) is 9.16. The zero-order chi connectivity index (χ0) is 21.3. The van der Waals surface area contributed by atoms with E-state index in [1.54, 1.807) is 7.05 Å². The summed E-state index contributed by atoms with van der Waals surface area (Å²) >= 11 is 0. The molecule has 2 heterocycles. The van der Waals surface area contributed by atoms with Crippen molar-refractivity contribution in [2.75, 3.05) is 18.9 Å². The van der Waals surface area contributed by atoms with Gasteiger partial charge in [-0.25, -0.2) is 4.98 Å². The summed E-state index contributed by atoms with van der Waals surface area (Å²) in [6.07, 6.45) is 2.74. The Morgan fingerprint density at radius 1 is 1.17 bits per heavy atom. The van der Waals surface area contributed by atoms with Crippen LogP contribution in [0.15, 0.2) is 29.5 Å². The van der Waals surface area contributed by atoms with E-state index in [4.69, 9.17) is 0 Å². The minimum absolute atomic E-state index is 0.122. The monoisotopic (exact) mass is 396 g/mol. The molecular formula is C20H24N6O3. The van der Waals surface area contributed by atoms with Gasteiger partial charge in [0.05, 0.1) is 12.7 Å². The highest BCUT2D eigenvalue weighted by atomic mass is 16.2. The van der Waals surface area contributed by atoms with Crippen molar-refractivity contribution in [1.82, 2.24) is 24.2 Å². The maximum Gasteiger partial charge on any atom is 0.264 e. The van der Waals surface area contributed by atoms with Crippen LogP contribution in [0.2, 0.25) is 0 Å². The Morgan fingerprint density at radius 2 is 1.83 bits per heavy atom. The van der Waals surface area contributed by atoms with Crippen molar-refractivity contribution in [3.05, 3.63) is 51.7 Å². The molecule has 9 nitrogen and oxygen atoms in total. The van der Waals surface area contributed by atoms with Crippen molar-refractivity contribution in [2.24, 2.45) is 7.05 Å². The molecule has 0 bridgehead atoms. The van der Waals surface area contributed by atoms with E-state index in [9.17, 15) is 14.4 Å². The van der Waals surface area contributed by atoms with Gasteiger partial charge in [-0.3, -0.25) is 23.6 Å². The topological polar surface area (TPSA) is 102 Å². The predicted molar refractivity (Wildman–Crippen MR) is 110 cm³/mol. The fourth-order valence-corrected chi connectivity index (χ4v) is 3.31. The molecule has 0 saturated heterocycles. The number of hydrogen-bond donors (Lipinski definition) is 1. The SMILES string of the molecule is Cc1cc(C)c(NC(=O)CN(C)C(=O)Cn2cnc3c(cnn3C)c2=O)c(C)c1. The number of nitrogens with zero attached hydrogens (tertiary/aromatic N) is 5. The van der Waals surface area contributed by atoms with E-state index in [0.29, 0.717) is 11.0 Å². The molecule has 29 heavy (non-hydrogen) atoms. The van der Waals surface area contributed by atoms with Gasteiger partial charge >= 0.3 is 0 Å². The molecule has 2 aromatic heterocycles. The predicted octanol–water partition coefficient (Wildman–Crippen LogP) is 1.15. The number of aryl methyl sites for hydroxylation is 4. The van der Waals surface area contributed by atoms with Gasteiger partial charge in [-0.05, 0) is 31.9 Å². The Kier molecular flexibility index (Phi) is 5.49. The Bertz CT molecular complexity index is 1140. The number of aromatic nitrogens is 4.